The normalized spacial score (nSPS) is 13.6. The molecular formula is C59H110NO7P. The third-order valence-corrected chi connectivity index (χ3v) is 13.4. The minimum atomic E-state index is -4.29. The molecule has 0 rings (SSSR count). The summed E-state index contributed by atoms with van der Waals surface area (Å²) in [5.41, 5.74) is 5.40. The van der Waals surface area contributed by atoms with Crippen LogP contribution in [0.15, 0.2) is 60.8 Å². The average molecular weight is 977 g/mol. The molecule has 0 amide bonds. The van der Waals surface area contributed by atoms with Gasteiger partial charge < -0.3 is 20.1 Å². The van der Waals surface area contributed by atoms with Crippen molar-refractivity contribution in [3.05, 3.63) is 60.8 Å². The van der Waals surface area contributed by atoms with E-state index >= 15 is 0 Å². The number of ether oxygens (including phenoxy) is 2. The first-order chi connectivity index (χ1) is 33.4. The van der Waals surface area contributed by atoms with Crippen LogP contribution in [0.5, 0.6) is 0 Å². The summed E-state index contributed by atoms with van der Waals surface area (Å²) in [6, 6.07) is 0. The first-order valence-electron chi connectivity index (χ1n) is 28.8. The summed E-state index contributed by atoms with van der Waals surface area (Å²) in [6.07, 6.45) is 71.3. The number of unbranched alkanes of at least 4 members (excludes halogenated alkanes) is 32. The molecule has 0 aromatic heterocycles. The van der Waals surface area contributed by atoms with Crippen molar-refractivity contribution < 1.29 is 32.8 Å². The van der Waals surface area contributed by atoms with Gasteiger partial charge in [-0.25, -0.2) is 4.57 Å². The molecular weight excluding hydrogens is 866 g/mol. The molecule has 9 heteroatoms. The van der Waals surface area contributed by atoms with Gasteiger partial charge in [-0.2, -0.15) is 0 Å². The van der Waals surface area contributed by atoms with Crippen molar-refractivity contribution in [2.24, 2.45) is 5.73 Å². The topological polar surface area (TPSA) is 117 Å². The predicted octanol–water partition coefficient (Wildman–Crippen LogP) is 18.4. The molecule has 68 heavy (non-hydrogen) atoms. The van der Waals surface area contributed by atoms with Gasteiger partial charge in [-0.15, -0.1) is 0 Å². The van der Waals surface area contributed by atoms with Crippen LogP contribution in [-0.2, 0) is 27.9 Å². The second-order valence-corrected chi connectivity index (χ2v) is 20.6. The van der Waals surface area contributed by atoms with Crippen LogP contribution in [-0.4, -0.2) is 49.9 Å². The lowest BCUT2D eigenvalue weighted by Gasteiger charge is -2.20. The Labute approximate surface area is 421 Å². The van der Waals surface area contributed by atoms with Gasteiger partial charge in [0.05, 0.1) is 19.8 Å². The molecule has 2 atom stereocenters. The Morgan fingerprint density at radius 2 is 0.824 bits per heavy atom. The number of rotatable bonds is 55. The van der Waals surface area contributed by atoms with Gasteiger partial charge in [-0.1, -0.05) is 248 Å². The zero-order valence-corrected chi connectivity index (χ0v) is 45.5. The van der Waals surface area contributed by atoms with E-state index in [9.17, 15) is 14.3 Å². The molecule has 0 radical (unpaired) electrons. The number of nitrogens with two attached hydrogens (primary N) is 1. The highest BCUT2D eigenvalue weighted by Crippen LogP contribution is 2.43. The van der Waals surface area contributed by atoms with Gasteiger partial charge in [0, 0.05) is 19.6 Å². The molecule has 3 N–H and O–H groups in total. The minimum absolute atomic E-state index is 0.0965. The summed E-state index contributed by atoms with van der Waals surface area (Å²) in [5.74, 6) is -0.330. The smallest absolute Gasteiger partial charge is 0.457 e. The number of phosphoric ester groups is 1. The Balaban J connectivity index is 3.88. The maximum absolute atomic E-state index is 12.7. The summed E-state index contributed by atoms with van der Waals surface area (Å²) >= 11 is 0. The molecule has 398 valence electrons. The minimum Gasteiger partial charge on any atom is -0.457 e. The molecule has 0 heterocycles. The summed E-state index contributed by atoms with van der Waals surface area (Å²) in [4.78, 5) is 22.7. The fourth-order valence-electron chi connectivity index (χ4n) is 8.22. The zero-order valence-electron chi connectivity index (χ0n) is 44.6. The van der Waals surface area contributed by atoms with Crippen LogP contribution in [0.2, 0.25) is 0 Å². The largest absolute Gasteiger partial charge is 0.472 e. The first-order valence-corrected chi connectivity index (χ1v) is 30.3. The van der Waals surface area contributed by atoms with Crippen molar-refractivity contribution in [2.45, 2.75) is 277 Å². The number of carbonyl (C=O) groups excluding carboxylic acids is 1. The molecule has 8 nitrogen and oxygen atoms in total. The summed E-state index contributed by atoms with van der Waals surface area (Å²) in [7, 11) is -4.29. The van der Waals surface area contributed by atoms with Gasteiger partial charge >= 0.3 is 13.8 Å². The Morgan fingerprint density at radius 1 is 0.456 bits per heavy atom. The van der Waals surface area contributed by atoms with Crippen molar-refractivity contribution in [3.8, 4) is 0 Å². The quantitative estimate of drug-likeness (QED) is 0.0268. The predicted molar refractivity (Wildman–Crippen MR) is 293 cm³/mol. The van der Waals surface area contributed by atoms with Crippen LogP contribution in [0.3, 0.4) is 0 Å². The highest BCUT2D eigenvalue weighted by Gasteiger charge is 2.25. The fraction of sp³-hybridized carbons (Fsp3) is 0.814. The Bertz CT molecular complexity index is 1230. The number of hydrogen-bond donors (Lipinski definition) is 2. The lowest BCUT2D eigenvalue weighted by Crippen LogP contribution is -2.28. The number of carbonyl (C=O) groups is 1. The van der Waals surface area contributed by atoms with Crippen LogP contribution in [0.25, 0.3) is 0 Å². The SMILES string of the molecule is CC/C=C\C/C=C\C/C=C\C/C=C\CCCCCCCCCCCCCCC(=O)OC(COCCCCCCCCCCCCCC/C=C\CCCCCCCCCC)COP(=O)(O)OCCN. The van der Waals surface area contributed by atoms with Crippen LogP contribution >= 0.6 is 7.82 Å². The van der Waals surface area contributed by atoms with Gasteiger partial charge in [-0.05, 0) is 77.0 Å². The van der Waals surface area contributed by atoms with E-state index in [4.69, 9.17) is 24.3 Å². The van der Waals surface area contributed by atoms with Crippen molar-refractivity contribution in [1.29, 1.82) is 0 Å². The molecule has 0 bridgehead atoms. The number of esters is 1. The Kier molecular flexibility index (Phi) is 54.6. The molecule has 0 spiro atoms. The number of hydrogen-bond acceptors (Lipinski definition) is 7. The van der Waals surface area contributed by atoms with Gasteiger partial charge in [0.15, 0.2) is 0 Å². The van der Waals surface area contributed by atoms with E-state index in [-0.39, 0.29) is 32.3 Å². The summed E-state index contributed by atoms with van der Waals surface area (Å²) in [5, 5.41) is 0. The number of allylic oxidation sites excluding steroid dienone is 10. The Hall–Kier alpha value is -1.80. The molecule has 0 aromatic carbocycles. The van der Waals surface area contributed by atoms with Crippen molar-refractivity contribution >= 4 is 13.8 Å². The third kappa shape index (κ3) is 55.1. The molecule has 0 aromatic rings. The van der Waals surface area contributed by atoms with Gasteiger partial charge in [-0.3, -0.25) is 13.8 Å². The van der Waals surface area contributed by atoms with Crippen LogP contribution < -0.4 is 5.73 Å². The molecule has 0 aliphatic rings. The highest BCUT2D eigenvalue weighted by atomic mass is 31.2. The average Bonchev–Trinajstić information content (AvgIpc) is 3.33. The monoisotopic (exact) mass is 976 g/mol. The van der Waals surface area contributed by atoms with E-state index in [1.54, 1.807) is 0 Å². The molecule has 0 saturated heterocycles. The van der Waals surface area contributed by atoms with E-state index in [1.165, 1.54) is 193 Å². The van der Waals surface area contributed by atoms with E-state index in [2.05, 4.69) is 74.6 Å². The zero-order chi connectivity index (χ0) is 49.4. The lowest BCUT2D eigenvalue weighted by molar-refractivity contribution is -0.154. The lowest BCUT2D eigenvalue weighted by atomic mass is 10.0. The number of phosphoric acid groups is 1. The fourth-order valence-corrected chi connectivity index (χ4v) is 8.99. The standard InChI is InChI=1S/C59H110NO7P/c1-3-5-7-9-11-13-15-17-19-21-23-25-27-29-30-32-34-36-38-40-42-44-46-48-50-52-59(61)67-58(57-66-68(62,63)65-55-53-60)56-64-54-51-49-47-45-43-41-39-37-35-33-31-28-26-24-22-20-18-16-14-12-10-8-6-4-2/h5,7,11,13,17,19,22-25,58H,3-4,6,8-10,12,14-16,18,20-21,26-57,60H2,1-2H3,(H,62,63)/b7-5-,13-11-,19-17-,24-22-,25-23-. The Morgan fingerprint density at radius 3 is 1.25 bits per heavy atom. The van der Waals surface area contributed by atoms with Crippen molar-refractivity contribution in [3.63, 3.8) is 0 Å². The van der Waals surface area contributed by atoms with Crippen LogP contribution in [0.1, 0.15) is 271 Å². The highest BCUT2D eigenvalue weighted by molar-refractivity contribution is 7.47. The molecule has 0 aliphatic carbocycles. The van der Waals surface area contributed by atoms with Gasteiger partial charge in [0.2, 0.25) is 0 Å². The maximum atomic E-state index is 12.7. The van der Waals surface area contributed by atoms with Crippen molar-refractivity contribution in [1.82, 2.24) is 0 Å². The van der Waals surface area contributed by atoms with Crippen molar-refractivity contribution in [2.75, 3.05) is 33.0 Å². The summed E-state index contributed by atoms with van der Waals surface area (Å²) in [6.45, 7) is 4.85. The molecule has 0 aliphatic heterocycles. The molecule has 2 unspecified atom stereocenters. The van der Waals surface area contributed by atoms with Gasteiger partial charge in [0.25, 0.3) is 0 Å². The second-order valence-electron chi connectivity index (χ2n) is 19.1. The molecule has 0 fully saturated rings. The third-order valence-electron chi connectivity index (χ3n) is 12.4. The van der Waals surface area contributed by atoms with E-state index in [1.807, 2.05) is 0 Å². The van der Waals surface area contributed by atoms with E-state index < -0.39 is 13.9 Å². The van der Waals surface area contributed by atoms with Crippen LogP contribution in [0.4, 0.5) is 0 Å². The molecule has 0 saturated carbocycles. The van der Waals surface area contributed by atoms with Crippen LogP contribution in [0, 0.1) is 0 Å². The van der Waals surface area contributed by atoms with E-state index in [0.29, 0.717) is 13.0 Å². The summed E-state index contributed by atoms with van der Waals surface area (Å²) < 4.78 is 33.7. The second kappa shape index (κ2) is 56.1. The maximum Gasteiger partial charge on any atom is 0.472 e. The first kappa shape index (κ1) is 66.2. The van der Waals surface area contributed by atoms with E-state index in [0.717, 1.165) is 57.8 Å². The van der Waals surface area contributed by atoms with Gasteiger partial charge in [0.1, 0.15) is 6.10 Å².